The van der Waals surface area contributed by atoms with E-state index < -0.39 is 35.0 Å². The van der Waals surface area contributed by atoms with E-state index in [4.69, 9.17) is 4.74 Å². The van der Waals surface area contributed by atoms with E-state index in [1.165, 1.54) is 0 Å². The Morgan fingerprint density at radius 1 is 0.971 bits per heavy atom. The molecule has 186 valence electrons. The number of carboxylic acid groups (broad SMARTS) is 1. The third-order valence-electron chi connectivity index (χ3n) is 7.76. The molecule has 0 heterocycles. The largest absolute Gasteiger partial charge is 0.480 e. The summed E-state index contributed by atoms with van der Waals surface area (Å²) in [4.78, 5) is 37.6. The number of alkyl carbamates (subject to hydrolysis) is 1. The highest BCUT2D eigenvalue weighted by atomic mass is 16.5. The highest BCUT2D eigenvalue weighted by molar-refractivity contribution is 5.88. The minimum absolute atomic E-state index is 0.0636. The Kier molecular flexibility index (Phi) is 6.62. The molecule has 2 aliphatic carbocycles. The number of fused-ring (bicyclic) bond motifs is 3. The first kappa shape index (κ1) is 24.8. The van der Waals surface area contributed by atoms with Gasteiger partial charge in [0, 0.05) is 5.92 Å². The van der Waals surface area contributed by atoms with Crippen molar-refractivity contribution in [2.75, 3.05) is 6.61 Å². The molecule has 1 unspecified atom stereocenters. The predicted molar refractivity (Wildman–Crippen MR) is 133 cm³/mol. The van der Waals surface area contributed by atoms with Gasteiger partial charge in [0.1, 0.15) is 12.6 Å². The van der Waals surface area contributed by atoms with Gasteiger partial charge in [0.15, 0.2) is 0 Å². The van der Waals surface area contributed by atoms with Crippen molar-refractivity contribution in [2.24, 2.45) is 11.3 Å². The molecule has 1 saturated carbocycles. The van der Waals surface area contributed by atoms with E-state index in [0.717, 1.165) is 35.1 Å². The first-order chi connectivity index (χ1) is 16.5. The summed E-state index contributed by atoms with van der Waals surface area (Å²) in [6.45, 7) is 7.05. The van der Waals surface area contributed by atoms with Crippen LogP contribution in [0.25, 0.3) is 11.1 Å². The monoisotopic (exact) mass is 478 g/mol. The highest BCUT2D eigenvalue weighted by Gasteiger charge is 2.46. The van der Waals surface area contributed by atoms with Gasteiger partial charge in [-0.2, -0.15) is 0 Å². The van der Waals surface area contributed by atoms with Crippen LogP contribution in [0, 0.1) is 11.3 Å². The standard InChI is InChI=1S/C28H34N2O5/c1-27(2,25(33)29-23(24(31)32)15-17-13-14-17)28(3,4)30-26(34)35-16-22-20-11-7-5-9-18(20)19-10-6-8-12-21(19)22/h5-12,17,22-23H,13-16H2,1-4H3,(H,29,33)(H,30,34)(H,31,32). The summed E-state index contributed by atoms with van der Waals surface area (Å²) in [5.74, 6) is -1.17. The number of aliphatic carboxylic acids is 1. The van der Waals surface area contributed by atoms with E-state index in [1.807, 2.05) is 24.3 Å². The lowest BCUT2D eigenvalue weighted by Crippen LogP contribution is -2.61. The topological polar surface area (TPSA) is 105 Å². The molecule has 0 saturated heterocycles. The maximum atomic E-state index is 13.1. The lowest BCUT2D eigenvalue weighted by atomic mass is 9.73. The van der Waals surface area contributed by atoms with Gasteiger partial charge in [-0.3, -0.25) is 4.79 Å². The van der Waals surface area contributed by atoms with E-state index in [0.29, 0.717) is 12.3 Å². The maximum absolute atomic E-state index is 13.1. The van der Waals surface area contributed by atoms with Crippen LogP contribution >= 0.6 is 0 Å². The third kappa shape index (κ3) is 5.04. The van der Waals surface area contributed by atoms with Crippen LogP contribution < -0.4 is 10.6 Å². The lowest BCUT2D eigenvalue weighted by Gasteiger charge is -2.41. The molecule has 0 aromatic heterocycles. The molecule has 3 N–H and O–H groups in total. The van der Waals surface area contributed by atoms with Crippen molar-refractivity contribution in [1.82, 2.24) is 10.6 Å². The van der Waals surface area contributed by atoms with Crippen LogP contribution in [0.5, 0.6) is 0 Å². The fraction of sp³-hybridized carbons (Fsp3) is 0.464. The van der Waals surface area contributed by atoms with Crippen molar-refractivity contribution in [3.8, 4) is 11.1 Å². The summed E-state index contributed by atoms with van der Waals surface area (Å²) in [7, 11) is 0. The number of hydrogen-bond donors (Lipinski definition) is 3. The third-order valence-corrected chi connectivity index (χ3v) is 7.76. The average Bonchev–Trinajstić information content (AvgIpc) is 3.57. The fourth-order valence-corrected chi connectivity index (χ4v) is 4.58. The Morgan fingerprint density at radius 3 is 2.03 bits per heavy atom. The molecular weight excluding hydrogens is 444 g/mol. The van der Waals surface area contributed by atoms with E-state index in [1.54, 1.807) is 27.7 Å². The summed E-state index contributed by atoms with van der Waals surface area (Å²) in [6.07, 6.45) is 1.80. The van der Waals surface area contributed by atoms with Gasteiger partial charge in [-0.05, 0) is 62.3 Å². The molecule has 2 aromatic rings. The molecule has 4 rings (SSSR count). The molecule has 7 nitrogen and oxygen atoms in total. The molecule has 1 fully saturated rings. The van der Waals surface area contributed by atoms with Gasteiger partial charge in [0.2, 0.25) is 5.91 Å². The van der Waals surface area contributed by atoms with Crippen LogP contribution in [0.3, 0.4) is 0 Å². The van der Waals surface area contributed by atoms with Crippen LogP contribution in [-0.2, 0) is 14.3 Å². The maximum Gasteiger partial charge on any atom is 0.407 e. The van der Waals surface area contributed by atoms with Gasteiger partial charge in [0.25, 0.3) is 0 Å². The number of carbonyl (C=O) groups is 3. The van der Waals surface area contributed by atoms with Gasteiger partial charge in [-0.25, -0.2) is 9.59 Å². The molecule has 1 atom stereocenters. The smallest absolute Gasteiger partial charge is 0.407 e. The zero-order valence-corrected chi connectivity index (χ0v) is 20.8. The molecule has 35 heavy (non-hydrogen) atoms. The molecule has 0 aliphatic heterocycles. The minimum atomic E-state index is -1.09. The van der Waals surface area contributed by atoms with Crippen molar-refractivity contribution >= 4 is 18.0 Å². The van der Waals surface area contributed by atoms with Crippen LogP contribution in [0.1, 0.15) is 64.0 Å². The van der Waals surface area contributed by atoms with E-state index >= 15 is 0 Å². The van der Waals surface area contributed by atoms with Crippen LogP contribution in [0.15, 0.2) is 48.5 Å². The van der Waals surface area contributed by atoms with Crippen molar-refractivity contribution in [3.05, 3.63) is 59.7 Å². The molecule has 0 spiro atoms. The number of ether oxygens (including phenoxy) is 1. The Labute approximate surface area is 206 Å². The van der Waals surface area contributed by atoms with Crippen molar-refractivity contribution in [1.29, 1.82) is 0 Å². The molecule has 2 aromatic carbocycles. The quantitative estimate of drug-likeness (QED) is 0.485. The van der Waals surface area contributed by atoms with Gasteiger partial charge in [-0.15, -0.1) is 0 Å². The SMILES string of the molecule is CC(C)(NC(=O)OCC1c2ccccc2-c2ccccc21)C(C)(C)C(=O)NC(CC1CC1)C(=O)O. The second-order valence-electron chi connectivity index (χ2n) is 10.7. The minimum Gasteiger partial charge on any atom is -0.480 e. The number of hydrogen-bond acceptors (Lipinski definition) is 4. The number of amides is 2. The summed E-state index contributed by atoms with van der Waals surface area (Å²) in [5.41, 5.74) is 2.45. The number of carboxylic acids is 1. The number of benzene rings is 2. The van der Waals surface area contributed by atoms with Crippen LogP contribution in [0.4, 0.5) is 4.79 Å². The Balaban J connectivity index is 1.40. The first-order valence-electron chi connectivity index (χ1n) is 12.2. The Bertz CT molecular complexity index is 1090. The zero-order chi connectivity index (χ0) is 25.4. The van der Waals surface area contributed by atoms with Gasteiger partial charge >= 0.3 is 12.1 Å². The predicted octanol–water partition coefficient (Wildman–Crippen LogP) is 4.70. The van der Waals surface area contributed by atoms with Crippen molar-refractivity contribution < 1.29 is 24.2 Å². The Morgan fingerprint density at radius 2 is 1.51 bits per heavy atom. The van der Waals surface area contributed by atoms with Gasteiger partial charge < -0.3 is 20.5 Å². The van der Waals surface area contributed by atoms with Gasteiger partial charge in [0.05, 0.1) is 11.0 Å². The van der Waals surface area contributed by atoms with E-state index in [9.17, 15) is 19.5 Å². The summed E-state index contributed by atoms with van der Waals surface area (Å²) < 4.78 is 5.65. The molecule has 2 amide bonds. The van der Waals surface area contributed by atoms with Gasteiger partial charge in [-0.1, -0.05) is 61.4 Å². The summed E-state index contributed by atoms with van der Waals surface area (Å²) in [6, 6.07) is 15.3. The summed E-state index contributed by atoms with van der Waals surface area (Å²) >= 11 is 0. The van der Waals surface area contributed by atoms with E-state index in [2.05, 4.69) is 34.9 Å². The number of nitrogens with one attached hydrogen (secondary N) is 2. The molecule has 0 radical (unpaired) electrons. The zero-order valence-electron chi connectivity index (χ0n) is 20.8. The lowest BCUT2D eigenvalue weighted by molar-refractivity contribution is -0.145. The van der Waals surface area contributed by atoms with Crippen LogP contribution in [0.2, 0.25) is 0 Å². The number of rotatable bonds is 9. The highest BCUT2D eigenvalue weighted by Crippen LogP contribution is 2.44. The van der Waals surface area contributed by atoms with Crippen molar-refractivity contribution in [2.45, 2.75) is 64.5 Å². The first-order valence-corrected chi connectivity index (χ1v) is 12.2. The molecule has 2 aliphatic rings. The fourth-order valence-electron chi connectivity index (χ4n) is 4.58. The second-order valence-corrected chi connectivity index (χ2v) is 10.7. The second kappa shape index (κ2) is 9.36. The molecular formula is C28H34N2O5. The number of carbonyl (C=O) groups excluding carboxylic acids is 2. The normalized spacial score (nSPS) is 16.1. The molecule has 0 bridgehead atoms. The summed E-state index contributed by atoms with van der Waals surface area (Å²) in [5, 5.41) is 15.0. The van der Waals surface area contributed by atoms with Crippen LogP contribution in [-0.4, -0.2) is 41.3 Å². The molecule has 7 heteroatoms. The average molecular weight is 479 g/mol. The van der Waals surface area contributed by atoms with Crippen molar-refractivity contribution in [3.63, 3.8) is 0 Å². The Hall–Kier alpha value is -3.35. The van der Waals surface area contributed by atoms with E-state index in [-0.39, 0.29) is 12.5 Å².